The Labute approximate surface area is 265 Å². The zero-order valence-electron chi connectivity index (χ0n) is 24.9. The first-order chi connectivity index (χ1) is 22.5. The summed E-state index contributed by atoms with van der Waals surface area (Å²) in [7, 11) is 0. The lowest BCUT2D eigenvalue weighted by molar-refractivity contribution is -0.0886. The highest BCUT2D eigenvalue weighted by molar-refractivity contribution is 6.24. The van der Waals surface area contributed by atoms with Gasteiger partial charge in [-0.2, -0.15) is 13.2 Å². The van der Waals surface area contributed by atoms with Crippen molar-refractivity contribution in [3.8, 4) is 33.4 Å². The molecule has 222 valence electrons. The van der Waals surface area contributed by atoms with E-state index < -0.39 is 11.7 Å². The molecule has 0 aliphatic heterocycles. The number of rotatable bonds is 4. The maximum Gasteiger partial charge on any atom is 0.416 e. The van der Waals surface area contributed by atoms with Gasteiger partial charge in [0.2, 0.25) is 0 Å². The van der Waals surface area contributed by atoms with Crippen LogP contribution in [0.15, 0.2) is 163 Å². The summed E-state index contributed by atoms with van der Waals surface area (Å²) in [6.07, 6.45) is 0.204. The molecule has 0 heterocycles. The third-order valence-electron chi connectivity index (χ3n) is 9.26. The molecule has 7 aromatic carbocycles. The monoisotopic (exact) mass is 602 g/mol. The molecule has 0 radical (unpaired) electrons. The summed E-state index contributed by atoms with van der Waals surface area (Å²) >= 11 is 0. The van der Waals surface area contributed by atoms with Crippen molar-refractivity contribution in [2.75, 3.05) is 0 Å². The molecule has 0 saturated carbocycles. The molecule has 8 rings (SSSR count). The Balaban J connectivity index is 1.30. The maximum atomic E-state index is 13.1. The lowest BCUT2D eigenvalue weighted by Gasteiger charge is -2.21. The molecule has 7 aromatic rings. The molecular weight excluding hydrogens is 573 g/mol. The van der Waals surface area contributed by atoms with Crippen LogP contribution in [0.1, 0.15) is 17.9 Å². The Hall–Kier alpha value is -5.41. The van der Waals surface area contributed by atoms with E-state index in [1.165, 1.54) is 56.0 Å². The molecule has 0 aromatic heterocycles. The van der Waals surface area contributed by atoms with Crippen molar-refractivity contribution in [1.82, 2.24) is 0 Å². The van der Waals surface area contributed by atoms with Crippen molar-refractivity contribution < 1.29 is 13.2 Å². The molecule has 0 fully saturated rings. The summed E-state index contributed by atoms with van der Waals surface area (Å²) in [6.45, 7) is 0. The second-order valence-corrected chi connectivity index (χ2v) is 11.9. The molecular formula is C43H29F3. The number of halogens is 3. The van der Waals surface area contributed by atoms with E-state index in [0.717, 1.165) is 27.5 Å². The SMILES string of the molecule is FC(F)(F)C1=CCC(c2ccc(-c3c4ccccc4c(-c4ccc(-c5ccccc5)c5ccccc45)c4ccccc34)cc2)C=C1. The first-order valence-electron chi connectivity index (χ1n) is 15.5. The van der Waals surface area contributed by atoms with Gasteiger partial charge in [-0.05, 0) is 77.7 Å². The van der Waals surface area contributed by atoms with Crippen LogP contribution in [0.3, 0.4) is 0 Å². The fourth-order valence-electron chi connectivity index (χ4n) is 7.09. The number of alkyl halides is 3. The van der Waals surface area contributed by atoms with E-state index in [0.29, 0.717) is 6.42 Å². The highest BCUT2D eigenvalue weighted by atomic mass is 19.4. The van der Waals surface area contributed by atoms with Crippen molar-refractivity contribution in [1.29, 1.82) is 0 Å². The second kappa shape index (κ2) is 11.2. The van der Waals surface area contributed by atoms with E-state index in [9.17, 15) is 13.2 Å². The van der Waals surface area contributed by atoms with Gasteiger partial charge >= 0.3 is 6.18 Å². The molecule has 46 heavy (non-hydrogen) atoms. The van der Waals surface area contributed by atoms with Gasteiger partial charge in [0.25, 0.3) is 0 Å². The lowest BCUT2D eigenvalue weighted by atomic mass is 9.83. The van der Waals surface area contributed by atoms with Crippen molar-refractivity contribution >= 4 is 32.3 Å². The van der Waals surface area contributed by atoms with E-state index in [-0.39, 0.29) is 5.92 Å². The molecule has 0 spiro atoms. The largest absolute Gasteiger partial charge is 0.416 e. The van der Waals surface area contributed by atoms with Gasteiger partial charge in [-0.15, -0.1) is 0 Å². The molecule has 1 unspecified atom stereocenters. The number of hydrogen-bond donors (Lipinski definition) is 0. The van der Waals surface area contributed by atoms with Crippen LogP contribution in [-0.2, 0) is 0 Å². The van der Waals surface area contributed by atoms with Crippen LogP contribution in [0.5, 0.6) is 0 Å². The van der Waals surface area contributed by atoms with Gasteiger partial charge in [-0.3, -0.25) is 0 Å². The van der Waals surface area contributed by atoms with E-state index >= 15 is 0 Å². The van der Waals surface area contributed by atoms with Crippen LogP contribution in [0.25, 0.3) is 65.7 Å². The summed E-state index contributed by atoms with van der Waals surface area (Å²) in [6, 6.07) is 49.3. The Morgan fingerprint density at radius 2 is 0.957 bits per heavy atom. The van der Waals surface area contributed by atoms with E-state index in [4.69, 9.17) is 0 Å². The van der Waals surface area contributed by atoms with Gasteiger partial charge in [-0.1, -0.05) is 158 Å². The predicted octanol–water partition coefficient (Wildman–Crippen LogP) is 12.7. The fourth-order valence-corrected chi connectivity index (χ4v) is 7.09. The minimum absolute atomic E-state index is 0.0804. The quantitative estimate of drug-likeness (QED) is 0.176. The van der Waals surface area contributed by atoms with Crippen LogP contribution >= 0.6 is 0 Å². The smallest absolute Gasteiger partial charge is 0.166 e. The summed E-state index contributed by atoms with van der Waals surface area (Å²) in [5.74, 6) is -0.0804. The molecule has 0 nitrogen and oxygen atoms in total. The highest BCUT2D eigenvalue weighted by Gasteiger charge is 2.33. The molecule has 3 heteroatoms. The third kappa shape index (κ3) is 4.80. The van der Waals surface area contributed by atoms with Gasteiger partial charge in [0.1, 0.15) is 0 Å². The summed E-state index contributed by atoms with van der Waals surface area (Å²) < 4.78 is 39.4. The minimum Gasteiger partial charge on any atom is -0.166 e. The average Bonchev–Trinajstić information content (AvgIpc) is 3.10. The Morgan fingerprint density at radius 3 is 1.50 bits per heavy atom. The second-order valence-electron chi connectivity index (χ2n) is 11.9. The standard InChI is InChI=1S/C43H29F3/c44-43(45,46)32-24-22-29(23-25-32)28-18-20-31(21-19-28)41-36-14-6-8-16-38(36)42(39-17-9-7-15-37(39)41)40-27-26-33(30-10-2-1-3-11-30)34-12-4-5-13-35(34)40/h1-22,24-27,29H,23H2. The number of hydrogen-bond acceptors (Lipinski definition) is 0. The van der Waals surface area contributed by atoms with Gasteiger partial charge in [0.05, 0.1) is 5.57 Å². The fraction of sp³-hybridized carbons (Fsp3) is 0.0698. The molecule has 1 aliphatic carbocycles. The molecule has 0 amide bonds. The molecule has 0 saturated heterocycles. The van der Waals surface area contributed by atoms with E-state index in [2.05, 4.69) is 133 Å². The Bertz CT molecular complexity index is 2250. The molecule has 1 atom stereocenters. The summed E-state index contributed by atoms with van der Waals surface area (Å²) in [5.41, 5.74) is 7.49. The first kappa shape index (κ1) is 28.1. The zero-order chi connectivity index (χ0) is 31.3. The number of allylic oxidation sites excluding steroid dienone is 4. The number of benzene rings is 7. The van der Waals surface area contributed by atoms with Crippen LogP contribution in [-0.4, -0.2) is 6.18 Å². The van der Waals surface area contributed by atoms with Crippen LogP contribution in [0.4, 0.5) is 13.2 Å². The zero-order valence-corrected chi connectivity index (χ0v) is 24.9. The van der Waals surface area contributed by atoms with Gasteiger partial charge in [-0.25, -0.2) is 0 Å². The first-order valence-corrected chi connectivity index (χ1v) is 15.5. The average molecular weight is 603 g/mol. The van der Waals surface area contributed by atoms with Crippen molar-refractivity contribution in [3.63, 3.8) is 0 Å². The maximum absolute atomic E-state index is 13.1. The van der Waals surface area contributed by atoms with Crippen molar-refractivity contribution in [2.24, 2.45) is 0 Å². The van der Waals surface area contributed by atoms with Gasteiger partial charge < -0.3 is 0 Å². The third-order valence-corrected chi connectivity index (χ3v) is 9.26. The Kier molecular flexibility index (Phi) is 6.83. The summed E-state index contributed by atoms with van der Waals surface area (Å²) in [4.78, 5) is 0. The summed E-state index contributed by atoms with van der Waals surface area (Å²) in [5, 5.41) is 7.11. The molecule has 1 aliphatic rings. The van der Waals surface area contributed by atoms with Crippen molar-refractivity contribution in [3.05, 3.63) is 169 Å². The van der Waals surface area contributed by atoms with E-state index in [1.807, 2.05) is 6.07 Å². The Morgan fingerprint density at radius 1 is 0.457 bits per heavy atom. The van der Waals surface area contributed by atoms with E-state index in [1.54, 1.807) is 6.08 Å². The lowest BCUT2D eigenvalue weighted by Crippen LogP contribution is -2.13. The minimum atomic E-state index is -4.31. The van der Waals surface area contributed by atoms with Crippen molar-refractivity contribution in [2.45, 2.75) is 18.5 Å². The number of fused-ring (bicyclic) bond motifs is 3. The van der Waals surface area contributed by atoms with Crippen LogP contribution in [0.2, 0.25) is 0 Å². The highest BCUT2D eigenvalue weighted by Crippen LogP contribution is 2.46. The molecule has 0 N–H and O–H groups in total. The van der Waals surface area contributed by atoms with Gasteiger partial charge in [0.15, 0.2) is 0 Å². The van der Waals surface area contributed by atoms with Gasteiger partial charge in [0, 0.05) is 5.92 Å². The predicted molar refractivity (Wildman–Crippen MR) is 186 cm³/mol. The van der Waals surface area contributed by atoms with Crippen LogP contribution in [0, 0.1) is 0 Å². The van der Waals surface area contributed by atoms with Crippen LogP contribution < -0.4 is 0 Å². The topological polar surface area (TPSA) is 0 Å². The normalized spacial score (nSPS) is 15.0. The molecule has 0 bridgehead atoms.